The van der Waals surface area contributed by atoms with Gasteiger partial charge in [-0.3, -0.25) is 4.68 Å². The minimum Gasteiger partial charge on any atom is -0.389 e. The normalized spacial score (nSPS) is 19.7. The van der Waals surface area contributed by atoms with Crippen molar-refractivity contribution in [3.05, 3.63) is 11.3 Å². The van der Waals surface area contributed by atoms with Crippen LogP contribution in [-0.2, 0) is 11.8 Å². The standard InChI is InChI=1S/C13H22N4OS/c1-4-18-10-6-5-7-17(8-10)13-11(12(14)19)9(2)15-16(13)3/h10H,4-8H2,1-3H3,(H2,14,19). The highest BCUT2D eigenvalue weighted by Gasteiger charge is 2.26. The van der Waals surface area contributed by atoms with E-state index < -0.39 is 0 Å². The fraction of sp³-hybridized carbons (Fsp3) is 0.692. The van der Waals surface area contributed by atoms with Gasteiger partial charge in [-0.15, -0.1) is 0 Å². The predicted molar refractivity (Wildman–Crippen MR) is 80.7 cm³/mol. The molecule has 0 aromatic carbocycles. The number of hydrogen-bond acceptors (Lipinski definition) is 4. The van der Waals surface area contributed by atoms with Crippen molar-refractivity contribution in [2.24, 2.45) is 12.8 Å². The quantitative estimate of drug-likeness (QED) is 0.845. The maximum atomic E-state index is 5.85. The van der Waals surface area contributed by atoms with E-state index in [1.807, 2.05) is 25.6 Å². The number of aryl methyl sites for hydroxylation is 2. The van der Waals surface area contributed by atoms with Crippen LogP contribution in [0, 0.1) is 6.92 Å². The Morgan fingerprint density at radius 3 is 2.95 bits per heavy atom. The number of anilines is 1. The summed E-state index contributed by atoms with van der Waals surface area (Å²) in [5.74, 6) is 1.02. The van der Waals surface area contributed by atoms with Crippen molar-refractivity contribution in [3.63, 3.8) is 0 Å². The number of nitrogens with zero attached hydrogens (tertiary/aromatic N) is 3. The molecule has 0 aliphatic carbocycles. The third kappa shape index (κ3) is 2.90. The molecule has 1 aliphatic rings. The molecule has 0 bridgehead atoms. The first-order valence-electron chi connectivity index (χ1n) is 6.74. The van der Waals surface area contributed by atoms with Gasteiger partial charge in [0.05, 0.1) is 17.4 Å². The molecular weight excluding hydrogens is 260 g/mol. The van der Waals surface area contributed by atoms with E-state index in [9.17, 15) is 0 Å². The molecule has 19 heavy (non-hydrogen) atoms. The first-order chi connectivity index (χ1) is 9.04. The number of ether oxygens (including phenoxy) is 1. The zero-order valence-electron chi connectivity index (χ0n) is 11.8. The highest BCUT2D eigenvalue weighted by atomic mass is 32.1. The van der Waals surface area contributed by atoms with Crippen molar-refractivity contribution >= 4 is 23.0 Å². The fourth-order valence-corrected chi connectivity index (χ4v) is 3.04. The van der Waals surface area contributed by atoms with E-state index in [1.54, 1.807) is 0 Å². The lowest BCUT2D eigenvalue weighted by atomic mass is 10.1. The average Bonchev–Trinajstić information content (AvgIpc) is 2.65. The number of hydrogen-bond donors (Lipinski definition) is 1. The molecule has 2 rings (SSSR count). The van der Waals surface area contributed by atoms with Gasteiger partial charge >= 0.3 is 0 Å². The summed E-state index contributed by atoms with van der Waals surface area (Å²) in [5, 5.41) is 4.45. The van der Waals surface area contributed by atoms with Gasteiger partial charge in [-0.25, -0.2) is 0 Å². The van der Waals surface area contributed by atoms with Crippen LogP contribution in [0.2, 0.25) is 0 Å². The Kier molecular flexibility index (Phi) is 4.42. The molecule has 1 atom stereocenters. The van der Waals surface area contributed by atoms with Crippen LogP contribution in [0.4, 0.5) is 5.82 Å². The summed E-state index contributed by atoms with van der Waals surface area (Å²) in [7, 11) is 1.94. The van der Waals surface area contributed by atoms with Crippen LogP contribution in [0.3, 0.4) is 0 Å². The molecule has 1 aliphatic heterocycles. The van der Waals surface area contributed by atoms with Crippen molar-refractivity contribution in [2.45, 2.75) is 32.8 Å². The first kappa shape index (κ1) is 14.3. The van der Waals surface area contributed by atoms with Crippen molar-refractivity contribution in [2.75, 3.05) is 24.6 Å². The topological polar surface area (TPSA) is 56.3 Å². The van der Waals surface area contributed by atoms with Crippen molar-refractivity contribution in [3.8, 4) is 0 Å². The zero-order valence-corrected chi connectivity index (χ0v) is 12.7. The number of rotatable bonds is 4. The van der Waals surface area contributed by atoms with Crippen molar-refractivity contribution < 1.29 is 4.74 Å². The minimum atomic E-state index is 0.285. The van der Waals surface area contributed by atoms with Gasteiger partial charge < -0.3 is 15.4 Å². The van der Waals surface area contributed by atoms with Gasteiger partial charge in [0, 0.05) is 26.7 Å². The largest absolute Gasteiger partial charge is 0.389 e. The molecule has 2 heterocycles. The summed E-state index contributed by atoms with van der Waals surface area (Å²) in [5.41, 5.74) is 7.64. The lowest BCUT2D eigenvalue weighted by Gasteiger charge is -2.34. The van der Waals surface area contributed by atoms with E-state index in [2.05, 4.69) is 10.00 Å². The molecule has 5 nitrogen and oxygen atoms in total. The average molecular weight is 282 g/mol. The third-order valence-corrected chi connectivity index (χ3v) is 3.72. The molecule has 1 saturated heterocycles. The van der Waals surface area contributed by atoms with Crippen LogP contribution in [0.5, 0.6) is 0 Å². The monoisotopic (exact) mass is 282 g/mol. The molecule has 0 amide bonds. The Bertz CT molecular complexity index is 469. The smallest absolute Gasteiger partial charge is 0.137 e. The van der Waals surface area contributed by atoms with Crippen molar-refractivity contribution in [1.82, 2.24) is 9.78 Å². The van der Waals surface area contributed by atoms with Gasteiger partial charge in [-0.05, 0) is 26.7 Å². The number of aromatic nitrogens is 2. The molecular formula is C13H22N4OS. The third-order valence-electron chi connectivity index (χ3n) is 3.52. The van der Waals surface area contributed by atoms with Crippen LogP contribution in [-0.4, -0.2) is 40.6 Å². The van der Waals surface area contributed by atoms with Crippen LogP contribution in [0.25, 0.3) is 0 Å². The van der Waals surface area contributed by atoms with Crippen molar-refractivity contribution in [1.29, 1.82) is 0 Å². The van der Waals surface area contributed by atoms with Crippen LogP contribution < -0.4 is 10.6 Å². The molecule has 1 aromatic rings. The second-order valence-electron chi connectivity index (χ2n) is 4.94. The summed E-state index contributed by atoms with van der Waals surface area (Å²) in [6.07, 6.45) is 2.52. The van der Waals surface area contributed by atoms with Crippen LogP contribution in [0.1, 0.15) is 31.0 Å². The highest BCUT2D eigenvalue weighted by Crippen LogP contribution is 2.26. The van der Waals surface area contributed by atoms with Gasteiger partial charge in [0.25, 0.3) is 0 Å². The Hall–Kier alpha value is -1.14. The Morgan fingerprint density at radius 2 is 2.32 bits per heavy atom. The zero-order chi connectivity index (χ0) is 14.0. The first-order valence-corrected chi connectivity index (χ1v) is 7.15. The van der Waals surface area contributed by atoms with E-state index in [-0.39, 0.29) is 6.10 Å². The maximum absolute atomic E-state index is 5.85. The SMILES string of the molecule is CCOC1CCCN(c2c(C(N)=S)c(C)nn2C)C1. The maximum Gasteiger partial charge on any atom is 0.137 e. The lowest BCUT2D eigenvalue weighted by Crippen LogP contribution is -2.41. The molecule has 1 unspecified atom stereocenters. The van der Waals surface area contributed by atoms with Gasteiger partial charge in [0.1, 0.15) is 10.8 Å². The van der Waals surface area contributed by atoms with E-state index in [1.165, 1.54) is 0 Å². The summed E-state index contributed by atoms with van der Waals surface area (Å²) >= 11 is 5.17. The summed E-state index contributed by atoms with van der Waals surface area (Å²) in [4.78, 5) is 2.71. The Labute approximate surface area is 119 Å². The molecule has 6 heteroatoms. The Balaban J connectivity index is 2.28. The van der Waals surface area contributed by atoms with E-state index in [0.29, 0.717) is 4.99 Å². The van der Waals surface area contributed by atoms with E-state index in [0.717, 1.165) is 49.6 Å². The Morgan fingerprint density at radius 1 is 1.58 bits per heavy atom. The fourth-order valence-electron chi connectivity index (χ4n) is 2.80. The molecule has 106 valence electrons. The molecule has 0 radical (unpaired) electrons. The van der Waals surface area contributed by atoms with Gasteiger partial charge in [0.2, 0.25) is 0 Å². The number of piperidine rings is 1. The summed E-state index contributed by atoms with van der Waals surface area (Å²) < 4.78 is 7.62. The summed E-state index contributed by atoms with van der Waals surface area (Å²) in [6, 6.07) is 0. The molecule has 0 saturated carbocycles. The molecule has 1 aromatic heterocycles. The second-order valence-corrected chi connectivity index (χ2v) is 5.38. The van der Waals surface area contributed by atoms with E-state index >= 15 is 0 Å². The van der Waals surface area contributed by atoms with Gasteiger partial charge in [0.15, 0.2) is 0 Å². The minimum absolute atomic E-state index is 0.285. The van der Waals surface area contributed by atoms with Crippen LogP contribution >= 0.6 is 12.2 Å². The molecule has 2 N–H and O–H groups in total. The number of nitrogens with two attached hydrogens (primary N) is 1. The second kappa shape index (κ2) is 5.88. The molecule has 1 fully saturated rings. The predicted octanol–water partition coefficient (Wildman–Crippen LogP) is 1.37. The van der Waals surface area contributed by atoms with Gasteiger partial charge in [-0.2, -0.15) is 5.10 Å². The van der Waals surface area contributed by atoms with E-state index in [4.69, 9.17) is 22.7 Å². The van der Waals surface area contributed by atoms with Crippen LogP contribution in [0.15, 0.2) is 0 Å². The van der Waals surface area contributed by atoms with Gasteiger partial charge in [-0.1, -0.05) is 12.2 Å². The number of thiocarbonyl (C=S) groups is 1. The molecule has 0 spiro atoms. The summed E-state index contributed by atoms with van der Waals surface area (Å²) in [6.45, 7) is 6.61. The lowest BCUT2D eigenvalue weighted by molar-refractivity contribution is 0.0524. The highest BCUT2D eigenvalue weighted by molar-refractivity contribution is 7.80.